The van der Waals surface area contributed by atoms with Crippen molar-refractivity contribution in [2.75, 3.05) is 50.1 Å². The largest absolute Gasteiger partial charge is 0.358 e. The van der Waals surface area contributed by atoms with Crippen molar-refractivity contribution < 1.29 is 0 Å². The second-order valence-corrected chi connectivity index (χ2v) is 4.85. The Morgan fingerprint density at radius 3 is 2.72 bits per heavy atom. The number of aryl methyl sites for hydroxylation is 1. The van der Waals surface area contributed by atoms with Gasteiger partial charge in [-0.05, 0) is 26.8 Å². The van der Waals surface area contributed by atoms with Gasteiger partial charge in [0.15, 0.2) is 0 Å². The van der Waals surface area contributed by atoms with E-state index in [4.69, 9.17) is 0 Å². The number of anilines is 2. The summed E-state index contributed by atoms with van der Waals surface area (Å²) in [6, 6.07) is 2.11. The molecule has 1 N–H and O–H groups in total. The molecule has 0 unspecified atom stereocenters. The standard InChI is InChI=1S/C13H23N5/c1-11-15-12(17(3)9-6-14-2)10-13(16-11)18-7-4-5-8-18/h10,14H,4-9H2,1-3H3. The Kier molecular flexibility index (Phi) is 4.36. The molecule has 1 aliphatic heterocycles. The molecule has 1 aromatic heterocycles. The first-order valence-corrected chi connectivity index (χ1v) is 6.67. The Labute approximate surface area is 109 Å². The zero-order valence-electron chi connectivity index (χ0n) is 11.6. The third-order valence-corrected chi connectivity index (χ3v) is 3.33. The normalized spacial score (nSPS) is 15.2. The second kappa shape index (κ2) is 6.00. The molecule has 1 aliphatic rings. The lowest BCUT2D eigenvalue weighted by atomic mass is 10.4. The average Bonchev–Trinajstić information content (AvgIpc) is 2.89. The highest BCUT2D eigenvalue weighted by atomic mass is 15.2. The smallest absolute Gasteiger partial charge is 0.134 e. The van der Waals surface area contributed by atoms with Crippen LogP contribution in [0.1, 0.15) is 18.7 Å². The maximum Gasteiger partial charge on any atom is 0.134 e. The molecular formula is C13H23N5. The molecule has 5 heteroatoms. The van der Waals surface area contributed by atoms with Crippen LogP contribution < -0.4 is 15.1 Å². The quantitative estimate of drug-likeness (QED) is 0.845. The van der Waals surface area contributed by atoms with Crippen molar-refractivity contribution in [2.24, 2.45) is 0 Å². The third kappa shape index (κ3) is 3.10. The van der Waals surface area contributed by atoms with Gasteiger partial charge in [0.05, 0.1) is 0 Å². The lowest BCUT2D eigenvalue weighted by Gasteiger charge is -2.22. The van der Waals surface area contributed by atoms with Gasteiger partial charge in [-0.2, -0.15) is 0 Å². The van der Waals surface area contributed by atoms with Crippen molar-refractivity contribution in [3.63, 3.8) is 0 Å². The summed E-state index contributed by atoms with van der Waals surface area (Å²) in [5.74, 6) is 2.94. The molecule has 18 heavy (non-hydrogen) atoms. The van der Waals surface area contributed by atoms with Crippen LogP contribution in [0, 0.1) is 6.92 Å². The first kappa shape index (κ1) is 13.1. The number of hydrogen-bond acceptors (Lipinski definition) is 5. The molecule has 1 fully saturated rings. The predicted octanol–water partition coefficient (Wildman–Crippen LogP) is 1.04. The van der Waals surface area contributed by atoms with E-state index >= 15 is 0 Å². The monoisotopic (exact) mass is 249 g/mol. The van der Waals surface area contributed by atoms with Crippen molar-refractivity contribution >= 4 is 11.6 Å². The number of nitrogens with one attached hydrogen (secondary N) is 1. The molecule has 1 saturated heterocycles. The number of aromatic nitrogens is 2. The first-order chi connectivity index (χ1) is 8.70. The van der Waals surface area contributed by atoms with Crippen molar-refractivity contribution in [3.8, 4) is 0 Å². The summed E-state index contributed by atoms with van der Waals surface area (Å²) < 4.78 is 0. The molecule has 0 spiro atoms. The van der Waals surface area contributed by atoms with Crippen LogP contribution in [0.15, 0.2) is 6.07 Å². The molecule has 1 aromatic rings. The minimum Gasteiger partial charge on any atom is -0.358 e. The summed E-state index contributed by atoms with van der Waals surface area (Å²) in [4.78, 5) is 13.6. The maximum atomic E-state index is 4.55. The van der Waals surface area contributed by atoms with E-state index in [0.717, 1.165) is 43.6 Å². The SMILES string of the molecule is CNCCN(C)c1cc(N2CCCC2)nc(C)n1. The van der Waals surface area contributed by atoms with Gasteiger partial charge in [-0.15, -0.1) is 0 Å². The van der Waals surface area contributed by atoms with Crippen LogP contribution in [0.4, 0.5) is 11.6 Å². The van der Waals surface area contributed by atoms with Crippen molar-refractivity contribution in [1.82, 2.24) is 15.3 Å². The fourth-order valence-corrected chi connectivity index (χ4v) is 2.23. The molecule has 0 saturated carbocycles. The topological polar surface area (TPSA) is 44.3 Å². The average molecular weight is 249 g/mol. The van der Waals surface area contributed by atoms with Crippen molar-refractivity contribution in [3.05, 3.63) is 11.9 Å². The lowest BCUT2D eigenvalue weighted by molar-refractivity contribution is 0.757. The fraction of sp³-hybridized carbons (Fsp3) is 0.692. The molecule has 0 atom stereocenters. The molecule has 100 valence electrons. The van der Waals surface area contributed by atoms with E-state index in [1.54, 1.807) is 0 Å². The minimum absolute atomic E-state index is 0.853. The van der Waals surface area contributed by atoms with E-state index in [-0.39, 0.29) is 0 Å². The first-order valence-electron chi connectivity index (χ1n) is 6.67. The molecule has 0 aliphatic carbocycles. The Morgan fingerprint density at radius 2 is 2.06 bits per heavy atom. The van der Waals surface area contributed by atoms with Crippen LogP contribution in [0.25, 0.3) is 0 Å². The van der Waals surface area contributed by atoms with Crippen molar-refractivity contribution in [2.45, 2.75) is 19.8 Å². The van der Waals surface area contributed by atoms with E-state index < -0.39 is 0 Å². The number of nitrogens with zero attached hydrogens (tertiary/aromatic N) is 4. The molecule has 5 nitrogen and oxygen atoms in total. The summed E-state index contributed by atoms with van der Waals surface area (Å²) in [6.07, 6.45) is 2.54. The van der Waals surface area contributed by atoms with Gasteiger partial charge in [0.25, 0.3) is 0 Å². The van der Waals surface area contributed by atoms with Crippen LogP contribution in [0.3, 0.4) is 0 Å². The van der Waals surface area contributed by atoms with Gasteiger partial charge in [0.2, 0.25) is 0 Å². The van der Waals surface area contributed by atoms with Crippen LogP contribution >= 0.6 is 0 Å². The summed E-state index contributed by atoms with van der Waals surface area (Å²) in [6.45, 7) is 6.12. The summed E-state index contributed by atoms with van der Waals surface area (Å²) in [5.41, 5.74) is 0. The van der Waals surface area contributed by atoms with E-state index in [9.17, 15) is 0 Å². The third-order valence-electron chi connectivity index (χ3n) is 3.33. The highest BCUT2D eigenvalue weighted by Gasteiger charge is 2.15. The zero-order valence-corrected chi connectivity index (χ0v) is 11.6. The highest BCUT2D eigenvalue weighted by molar-refractivity contribution is 5.51. The van der Waals surface area contributed by atoms with E-state index in [1.165, 1.54) is 12.8 Å². The van der Waals surface area contributed by atoms with Gasteiger partial charge < -0.3 is 15.1 Å². The van der Waals surface area contributed by atoms with Gasteiger partial charge in [0, 0.05) is 39.3 Å². The molecule has 0 bridgehead atoms. The zero-order chi connectivity index (χ0) is 13.0. The molecular weight excluding hydrogens is 226 g/mol. The Morgan fingerprint density at radius 1 is 1.33 bits per heavy atom. The number of rotatable bonds is 5. The molecule has 0 aromatic carbocycles. The summed E-state index contributed by atoms with van der Waals surface area (Å²) >= 11 is 0. The van der Waals surface area contributed by atoms with Gasteiger partial charge in [-0.25, -0.2) is 9.97 Å². The van der Waals surface area contributed by atoms with Crippen LogP contribution in [-0.2, 0) is 0 Å². The number of likely N-dealkylation sites (N-methyl/N-ethyl adjacent to an activating group) is 2. The number of hydrogen-bond donors (Lipinski definition) is 1. The van der Waals surface area contributed by atoms with E-state index in [0.29, 0.717) is 0 Å². The Hall–Kier alpha value is -1.36. The fourth-order valence-electron chi connectivity index (χ4n) is 2.23. The van der Waals surface area contributed by atoms with Crippen LogP contribution in [0.2, 0.25) is 0 Å². The van der Waals surface area contributed by atoms with Crippen LogP contribution in [-0.4, -0.2) is 50.2 Å². The highest BCUT2D eigenvalue weighted by Crippen LogP contribution is 2.21. The molecule has 0 radical (unpaired) electrons. The van der Waals surface area contributed by atoms with Gasteiger partial charge in [-0.1, -0.05) is 0 Å². The minimum atomic E-state index is 0.853. The maximum absolute atomic E-state index is 4.55. The Bertz CT molecular complexity index is 387. The van der Waals surface area contributed by atoms with Gasteiger partial charge in [-0.3, -0.25) is 0 Å². The van der Waals surface area contributed by atoms with Crippen LogP contribution in [0.5, 0.6) is 0 Å². The summed E-state index contributed by atoms with van der Waals surface area (Å²) in [7, 11) is 4.04. The molecule has 2 heterocycles. The Balaban J connectivity index is 2.14. The second-order valence-electron chi connectivity index (χ2n) is 4.85. The predicted molar refractivity (Wildman–Crippen MR) is 75.4 cm³/mol. The van der Waals surface area contributed by atoms with Gasteiger partial charge >= 0.3 is 0 Å². The summed E-state index contributed by atoms with van der Waals surface area (Å²) in [5, 5.41) is 3.16. The van der Waals surface area contributed by atoms with E-state index in [2.05, 4.69) is 38.2 Å². The molecule has 2 rings (SSSR count). The van der Waals surface area contributed by atoms with Crippen molar-refractivity contribution in [1.29, 1.82) is 0 Å². The molecule has 0 amide bonds. The van der Waals surface area contributed by atoms with E-state index in [1.807, 2.05) is 14.0 Å². The lowest BCUT2D eigenvalue weighted by Crippen LogP contribution is -2.28. The van der Waals surface area contributed by atoms with Gasteiger partial charge in [0.1, 0.15) is 17.5 Å².